The standard InChI is InChI=1S/C31H39N3O7S/c1-6-41-30(36)24-9-11-25(12-10-24)32-31(37)34(17-18-38-3)21-29(35)33(20-26-13-7-22(2)42-26)16-15-23-8-14-27(39-4)28(19-23)40-5/h7-14,19H,6,15-18,20-21H2,1-5H3,(H,32,37). The zero-order chi connectivity index (χ0) is 30.5. The van der Waals surface area contributed by atoms with Gasteiger partial charge in [-0.1, -0.05) is 6.07 Å². The van der Waals surface area contributed by atoms with Crippen molar-refractivity contribution in [3.8, 4) is 11.5 Å². The molecular weight excluding hydrogens is 558 g/mol. The van der Waals surface area contributed by atoms with E-state index in [1.54, 1.807) is 68.8 Å². The maximum absolute atomic E-state index is 13.7. The number of ether oxygens (including phenoxy) is 4. The highest BCUT2D eigenvalue weighted by Crippen LogP contribution is 2.28. The third-order valence-electron chi connectivity index (χ3n) is 6.44. The summed E-state index contributed by atoms with van der Waals surface area (Å²) in [6, 6.07) is 15.7. The number of carbonyl (C=O) groups excluding carboxylic acids is 3. The lowest BCUT2D eigenvalue weighted by molar-refractivity contribution is -0.132. The zero-order valence-corrected chi connectivity index (χ0v) is 25.6. The minimum absolute atomic E-state index is 0.133. The molecule has 0 saturated carbocycles. The molecule has 0 aliphatic heterocycles. The molecule has 0 atom stereocenters. The summed E-state index contributed by atoms with van der Waals surface area (Å²) < 4.78 is 21.0. The van der Waals surface area contributed by atoms with E-state index in [2.05, 4.69) is 5.32 Å². The number of methoxy groups -OCH3 is 3. The Bertz CT molecular complexity index is 1330. The van der Waals surface area contributed by atoms with Crippen molar-refractivity contribution in [1.29, 1.82) is 0 Å². The SMILES string of the molecule is CCOC(=O)c1ccc(NC(=O)N(CCOC)CC(=O)N(CCc2ccc(OC)c(OC)c2)Cc2ccc(C)s2)cc1. The van der Waals surface area contributed by atoms with Gasteiger partial charge in [0.05, 0.1) is 39.5 Å². The van der Waals surface area contributed by atoms with Crippen LogP contribution in [0.3, 0.4) is 0 Å². The van der Waals surface area contributed by atoms with E-state index in [4.69, 9.17) is 18.9 Å². The molecule has 3 aromatic rings. The van der Waals surface area contributed by atoms with Crippen LogP contribution >= 0.6 is 11.3 Å². The second-order valence-corrected chi connectivity index (χ2v) is 10.8. The quantitative estimate of drug-likeness (QED) is 0.246. The third-order valence-corrected chi connectivity index (χ3v) is 7.43. The van der Waals surface area contributed by atoms with Gasteiger partial charge in [0.15, 0.2) is 11.5 Å². The monoisotopic (exact) mass is 597 g/mol. The number of hydrogen-bond acceptors (Lipinski definition) is 8. The first-order chi connectivity index (χ1) is 20.3. The number of hydrogen-bond donors (Lipinski definition) is 1. The second kappa shape index (κ2) is 16.4. The summed E-state index contributed by atoms with van der Waals surface area (Å²) in [5.41, 5.74) is 1.87. The number of aryl methyl sites for hydroxylation is 1. The molecule has 0 spiro atoms. The van der Waals surface area contributed by atoms with E-state index >= 15 is 0 Å². The molecule has 0 unspecified atom stereocenters. The van der Waals surface area contributed by atoms with Crippen LogP contribution < -0.4 is 14.8 Å². The highest BCUT2D eigenvalue weighted by atomic mass is 32.1. The van der Waals surface area contributed by atoms with E-state index in [0.717, 1.165) is 15.3 Å². The second-order valence-electron chi connectivity index (χ2n) is 9.41. The van der Waals surface area contributed by atoms with E-state index in [9.17, 15) is 14.4 Å². The highest BCUT2D eigenvalue weighted by molar-refractivity contribution is 7.11. The van der Waals surface area contributed by atoms with Gasteiger partial charge < -0.3 is 34.1 Å². The van der Waals surface area contributed by atoms with Gasteiger partial charge in [-0.2, -0.15) is 0 Å². The Morgan fingerprint density at radius 1 is 0.881 bits per heavy atom. The van der Waals surface area contributed by atoms with Crippen LogP contribution in [0.15, 0.2) is 54.6 Å². The average Bonchev–Trinajstić information content (AvgIpc) is 3.41. The van der Waals surface area contributed by atoms with E-state index in [0.29, 0.717) is 42.3 Å². The number of amides is 3. The number of nitrogens with zero attached hydrogens (tertiary/aromatic N) is 2. The molecule has 0 radical (unpaired) electrons. The first-order valence-corrected chi connectivity index (χ1v) is 14.5. The fraction of sp³-hybridized carbons (Fsp3) is 0.387. The zero-order valence-electron chi connectivity index (χ0n) is 24.8. The van der Waals surface area contributed by atoms with Crippen LogP contribution in [0, 0.1) is 6.92 Å². The third kappa shape index (κ3) is 9.49. The predicted molar refractivity (Wildman–Crippen MR) is 163 cm³/mol. The molecule has 3 amide bonds. The number of carbonyl (C=O) groups is 3. The molecular formula is C31H39N3O7S. The number of urea groups is 1. The van der Waals surface area contributed by atoms with Gasteiger partial charge in [0.25, 0.3) is 0 Å². The Kier molecular flexibility index (Phi) is 12.6. The predicted octanol–water partition coefficient (Wildman–Crippen LogP) is 5.00. The molecule has 3 rings (SSSR count). The number of anilines is 1. The van der Waals surface area contributed by atoms with E-state index < -0.39 is 12.0 Å². The van der Waals surface area contributed by atoms with E-state index in [1.165, 1.54) is 4.90 Å². The summed E-state index contributed by atoms with van der Waals surface area (Å²) in [6.07, 6.45) is 0.591. The lowest BCUT2D eigenvalue weighted by Crippen LogP contribution is -2.46. The Hall–Kier alpha value is -4.09. The summed E-state index contributed by atoms with van der Waals surface area (Å²) in [4.78, 5) is 44.3. The molecule has 42 heavy (non-hydrogen) atoms. The molecule has 1 heterocycles. The van der Waals surface area contributed by atoms with Gasteiger partial charge in [0.1, 0.15) is 6.54 Å². The Labute approximate surface area is 251 Å². The fourth-order valence-electron chi connectivity index (χ4n) is 4.17. The molecule has 1 N–H and O–H groups in total. The van der Waals surface area contributed by atoms with Crippen LogP contribution in [0.25, 0.3) is 0 Å². The molecule has 2 aromatic carbocycles. The van der Waals surface area contributed by atoms with Crippen LogP contribution in [0.1, 0.15) is 32.6 Å². The van der Waals surface area contributed by atoms with Crippen molar-refractivity contribution >= 4 is 34.9 Å². The van der Waals surface area contributed by atoms with Gasteiger partial charge >= 0.3 is 12.0 Å². The summed E-state index contributed by atoms with van der Waals surface area (Å²) in [7, 11) is 4.72. The summed E-state index contributed by atoms with van der Waals surface area (Å²) >= 11 is 1.64. The van der Waals surface area contributed by atoms with E-state index in [-0.39, 0.29) is 32.2 Å². The van der Waals surface area contributed by atoms with Crippen LogP contribution in [-0.2, 0) is 27.2 Å². The van der Waals surface area contributed by atoms with Gasteiger partial charge in [-0.25, -0.2) is 9.59 Å². The number of rotatable bonds is 15. The topological polar surface area (TPSA) is 107 Å². The minimum atomic E-state index is -0.448. The van der Waals surface area contributed by atoms with Crippen molar-refractivity contribution in [2.75, 3.05) is 59.5 Å². The van der Waals surface area contributed by atoms with Crippen molar-refractivity contribution in [3.63, 3.8) is 0 Å². The van der Waals surface area contributed by atoms with Gasteiger partial charge in [-0.05, 0) is 74.4 Å². The van der Waals surface area contributed by atoms with Gasteiger partial charge in [-0.3, -0.25) is 4.79 Å². The molecule has 0 aliphatic rings. The van der Waals surface area contributed by atoms with Crippen LogP contribution in [0.2, 0.25) is 0 Å². The number of thiophene rings is 1. The molecule has 0 bridgehead atoms. The van der Waals surface area contributed by atoms with Gasteiger partial charge in [-0.15, -0.1) is 11.3 Å². The largest absolute Gasteiger partial charge is 0.493 e. The van der Waals surface area contributed by atoms with Crippen molar-refractivity contribution < 1.29 is 33.3 Å². The first kappa shape index (κ1) is 32.4. The Morgan fingerprint density at radius 3 is 2.24 bits per heavy atom. The molecule has 1 aromatic heterocycles. The van der Waals surface area contributed by atoms with Crippen molar-refractivity contribution in [2.45, 2.75) is 26.8 Å². The maximum Gasteiger partial charge on any atom is 0.338 e. The summed E-state index contributed by atoms with van der Waals surface area (Å²) in [6.45, 7) is 5.26. The highest BCUT2D eigenvalue weighted by Gasteiger charge is 2.22. The molecule has 0 fully saturated rings. The van der Waals surface area contributed by atoms with Gasteiger partial charge in [0, 0.05) is 35.6 Å². The first-order valence-electron chi connectivity index (χ1n) is 13.6. The normalized spacial score (nSPS) is 10.6. The number of benzene rings is 2. The van der Waals surface area contributed by atoms with Crippen LogP contribution in [0.5, 0.6) is 11.5 Å². The Balaban J connectivity index is 1.74. The lowest BCUT2D eigenvalue weighted by Gasteiger charge is -2.28. The molecule has 11 heteroatoms. The van der Waals surface area contributed by atoms with Crippen molar-refractivity contribution in [1.82, 2.24) is 9.80 Å². The van der Waals surface area contributed by atoms with Gasteiger partial charge in [0.2, 0.25) is 5.91 Å². The van der Waals surface area contributed by atoms with Crippen LogP contribution in [-0.4, -0.2) is 81.9 Å². The van der Waals surface area contributed by atoms with Crippen LogP contribution in [0.4, 0.5) is 10.5 Å². The van der Waals surface area contributed by atoms with Crippen molar-refractivity contribution in [2.24, 2.45) is 0 Å². The smallest absolute Gasteiger partial charge is 0.338 e. The molecule has 0 saturated heterocycles. The summed E-state index contributed by atoms with van der Waals surface area (Å²) in [5.74, 6) is 0.639. The number of esters is 1. The average molecular weight is 598 g/mol. The Morgan fingerprint density at radius 2 is 1.62 bits per heavy atom. The molecule has 10 nitrogen and oxygen atoms in total. The van der Waals surface area contributed by atoms with Crippen molar-refractivity contribution in [3.05, 3.63) is 75.5 Å². The lowest BCUT2D eigenvalue weighted by atomic mass is 10.1. The number of nitrogens with one attached hydrogen (secondary N) is 1. The molecule has 226 valence electrons. The van der Waals surface area contributed by atoms with E-state index in [1.807, 2.05) is 37.3 Å². The minimum Gasteiger partial charge on any atom is -0.493 e. The fourth-order valence-corrected chi connectivity index (χ4v) is 5.08. The maximum atomic E-state index is 13.7. The molecule has 0 aliphatic carbocycles. The summed E-state index contributed by atoms with van der Waals surface area (Å²) in [5, 5.41) is 2.81.